The molecule has 35 heavy (non-hydrogen) atoms. The van der Waals surface area contributed by atoms with Crippen molar-refractivity contribution in [3.63, 3.8) is 0 Å². The highest BCUT2D eigenvalue weighted by atomic mass is 35.5. The van der Waals surface area contributed by atoms with Gasteiger partial charge in [-0.3, -0.25) is 14.5 Å². The molecule has 0 bridgehead atoms. The average Bonchev–Trinajstić information content (AvgIpc) is 3.14. The Balaban J connectivity index is 1.69. The minimum Gasteiger partial charge on any atom is -0.507 e. The van der Waals surface area contributed by atoms with Gasteiger partial charge in [0.25, 0.3) is 11.7 Å². The number of likely N-dealkylation sites (tertiary alicyclic amines) is 1. The van der Waals surface area contributed by atoms with Crippen molar-refractivity contribution in [3.05, 3.63) is 64.2 Å². The van der Waals surface area contributed by atoms with Crippen LogP contribution in [0.4, 0.5) is 0 Å². The van der Waals surface area contributed by atoms with Crippen LogP contribution in [0.5, 0.6) is 11.5 Å². The van der Waals surface area contributed by atoms with Crippen molar-refractivity contribution in [2.24, 2.45) is 0 Å². The molecule has 9 heteroatoms. The van der Waals surface area contributed by atoms with Crippen molar-refractivity contribution in [1.29, 1.82) is 0 Å². The van der Waals surface area contributed by atoms with Gasteiger partial charge < -0.3 is 24.2 Å². The molecule has 8 nitrogen and oxygen atoms in total. The molecule has 0 aromatic heterocycles. The zero-order valence-electron chi connectivity index (χ0n) is 19.8. The highest BCUT2D eigenvalue weighted by molar-refractivity contribution is 6.46. The molecule has 2 fully saturated rings. The van der Waals surface area contributed by atoms with Crippen LogP contribution in [0.2, 0.25) is 5.02 Å². The van der Waals surface area contributed by atoms with E-state index in [0.29, 0.717) is 48.8 Å². The Hall–Kier alpha value is -3.07. The Morgan fingerprint density at radius 1 is 1.06 bits per heavy atom. The Morgan fingerprint density at radius 3 is 2.40 bits per heavy atom. The highest BCUT2D eigenvalue weighted by Gasteiger charge is 2.45. The summed E-state index contributed by atoms with van der Waals surface area (Å²) in [4.78, 5) is 30.1. The fraction of sp³-hybridized carbons (Fsp3) is 0.385. The number of hydrogen-bond donors (Lipinski definition) is 1. The molecule has 0 spiro atoms. The fourth-order valence-electron chi connectivity index (χ4n) is 4.50. The number of halogens is 1. The third-order valence-corrected chi connectivity index (χ3v) is 6.67. The lowest BCUT2D eigenvalue weighted by Gasteiger charge is -2.29. The molecule has 1 atom stereocenters. The van der Waals surface area contributed by atoms with Crippen LogP contribution in [0.1, 0.15) is 23.6 Å². The van der Waals surface area contributed by atoms with Crippen molar-refractivity contribution in [2.45, 2.75) is 12.5 Å². The summed E-state index contributed by atoms with van der Waals surface area (Å²) in [7, 11) is 3.06. The summed E-state index contributed by atoms with van der Waals surface area (Å²) < 4.78 is 15.8. The van der Waals surface area contributed by atoms with Gasteiger partial charge in [-0.2, -0.15) is 0 Å². The van der Waals surface area contributed by atoms with Crippen LogP contribution < -0.4 is 9.47 Å². The lowest BCUT2D eigenvalue weighted by molar-refractivity contribution is -0.140. The number of ketones is 1. The molecular weight excluding hydrogens is 472 g/mol. The van der Waals surface area contributed by atoms with Gasteiger partial charge in [0.05, 0.1) is 44.1 Å². The van der Waals surface area contributed by atoms with E-state index in [1.54, 1.807) is 48.4 Å². The van der Waals surface area contributed by atoms with Gasteiger partial charge in [0.1, 0.15) is 17.3 Å². The predicted octanol–water partition coefficient (Wildman–Crippen LogP) is 3.50. The van der Waals surface area contributed by atoms with Crippen molar-refractivity contribution in [2.75, 3.05) is 53.6 Å². The average molecular weight is 501 g/mol. The summed E-state index contributed by atoms with van der Waals surface area (Å²) in [5, 5.41) is 11.5. The Bertz CT molecular complexity index is 1110. The molecule has 1 amide bonds. The number of methoxy groups -OCH3 is 2. The lowest BCUT2D eigenvalue weighted by atomic mass is 9.95. The van der Waals surface area contributed by atoms with Gasteiger partial charge in [0.2, 0.25) is 0 Å². The van der Waals surface area contributed by atoms with Crippen LogP contribution in [-0.4, -0.2) is 80.2 Å². The number of nitrogens with zero attached hydrogens (tertiary/aromatic N) is 2. The first kappa shape index (κ1) is 25.0. The number of rotatable bonds is 8. The molecular formula is C26H29ClN2O6. The number of carbonyl (C=O) groups is 2. The largest absolute Gasteiger partial charge is 0.507 e. The summed E-state index contributed by atoms with van der Waals surface area (Å²) in [5.41, 5.74) is 1.07. The van der Waals surface area contributed by atoms with E-state index in [2.05, 4.69) is 4.90 Å². The minimum atomic E-state index is -0.730. The number of ether oxygens (including phenoxy) is 3. The van der Waals surface area contributed by atoms with Crippen LogP contribution >= 0.6 is 11.6 Å². The molecule has 2 aliphatic heterocycles. The second-order valence-corrected chi connectivity index (χ2v) is 8.83. The Morgan fingerprint density at radius 2 is 1.77 bits per heavy atom. The number of carbonyl (C=O) groups excluding carboxylic acids is 2. The molecule has 1 N–H and O–H groups in total. The molecule has 2 aromatic carbocycles. The van der Waals surface area contributed by atoms with Gasteiger partial charge in [0.15, 0.2) is 0 Å². The molecule has 0 aliphatic carbocycles. The monoisotopic (exact) mass is 500 g/mol. The van der Waals surface area contributed by atoms with E-state index in [-0.39, 0.29) is 16.4 Å². The number of aliphatic hydroxyl groups is 1. The summed E-state index contributed by atoms with van der Waals surface area (Å²) >= 11 is 6.25. The Labute approximate surface area is 209 Å². The first-order valence-corrected chi connectivity index (χ1v) is 11.9. The minimum absolute atomic E-state index is 0.0350. The van der Waals surface area contributed by atoms with Gasteiger partial charge >= 0.3 is 0 Å². The van der Waals surface area contributed by atoms with Crippen molar-refractivity contribution < 1.29 is 28.9 Å². The zero-order valence-corrected chi connectivity index (χ0v) is 20.6. The third-order valence-electron chi connectivity index (χ3n) is 6.37. The van der Waals surface area contributed by atoms with Crippen LogP contribution in [0, 0.1) is 0 Å². The van der Waals surface area contributed by atoms with E-state index in [1.807, 2.05) is 0 Å². The summed E-state index contributed by atoms with van der Waals surface area (Å²) in [6.07, 6.45) is 0.689. The second kappa shape index (κ2) is 11.1. The van der Waals surface area contributed by atoms with Crippen molar-refractivity contribution >= 4 is 29.1 Å². The SMILES string of the molecule is COc1ccc([C@@H]2C(=C(O)c3ccc(OC)c(Cl)c3)C(=O)C(=O)N2CCCN2CCOCC2)cc1. The summed E-state index contributed by atoms with van der Waals surface area (Å²) in [6, 6.07) is 11.2. The molecule has 2 heterocycles. The molecule has 0 radical (unpaired) electrons. The van der Waals surface area contributed by atoms with Gasteiger partial charge in [-0.1, -0.05) is 23.7 Å². The molecule has 2 saturated heterocycles. The van der Waals surface area contributed by atoms with Crippen LogP contribution in [0.3, 0.4) is 0 Å². The lowest BCUT2D eigenvalue weighted by Crippen LogP contribution is -2.38. The second-order valence-electron chi connectivity index (χ2n) is 8.42. The van der Waals surface area contributed by atoms with Gasteiger partial charge in [-0.25, -0.2) is 0 Å². The number of hydrogen-bond acceptors (Lipinski definition) is 7. The maximum atomic E-state index is 13.2. The third kappa shape index (κ3) is 5.29. The molecule has 2 aromatic rings. The standard InChI is InChI=1S/C26H29ClN2O6/c1-33-19-7-4-17(5-8-19)23-22(24(30)18-6-9-21(34-2)20(27)16-18)25(31)26(32)29(23)11-3-10-28-12-14-35-15-13-28/h4-9,16,23,30H,3,10-15H2,1-2H3/t23-/m1/s1. The van der Waals surface area contributed by atoms with E-state index < -0.39 is 17.7 Å². The Kier molecular flexibility index (Phi) is 7.95. The first-order chi connectivity index (χ1) is 16.9. The predicted molar refractivity (Wildman–Crippen MR) is 132 cm³/mol. The fourth-order valence-corrected chi connectivity index (χ4v) is 4.76. The summed E-state index contributed by atoms with van der Waals surface area (Å²) in [6.45, 7) is 4.24. The molecule has 4 rings (SSSR count). The molecule has 2 aliphatic rings. The highest BCUT2D eigenvalue weighted by Crippen LogP contribution is 2.40. The first-order valence-electron chi connectivity index (χ1n) is 11.5. The summed E-state index contributed by atoms with van der Waals surface area (Å²) in [5.74, 6) is -0.529. The number of amides is 1. The van der Waals surface area contributed by atoms with Crippen LogP contribution in [-0.2, 0) is 14.3 Å². The van der Waals surface area contributed by atoms with E-state index in [0.717, 1.165) is 19.6 Å². The molecule has 0 saturated carbocycles. The maximum Gasteiger partial charge on any atom is 0.295 e. The van der Waals surface area contributed by atoms with Gasteiger partial charge in [0, 0.05) is 31.7 Å². The normalized spacial score (nSPS) is 20.3. The van der Waals surface area contributed by atoms with Gasteiger partial charge in [-0.05, 0) is 42.3 Å². The van der Waals surface area contributed by atoms with Crippen LogP contribution in [0.15, 0.2) is 48.0 Å². The van der Waals surface area contributed by atoms with E-state index in [9.17, 15) is 14.7 Å². The number of Topliss-reactive ketones (excluding diaryl/α,β-unsaturated/α-hetero) is 1. The zero-order chi connectivity index (χ0) is 24.9. The number of morpholine rings is 1. The topological polar surface area (TPSA) is 88.5 Å². The van der Waals surface area contributed by atoms with E-state index >= 15 is 0 Å². The number of benzene rings is 2. The maximum absolute atomic E-state index is 13.2. The van der Waals surface area contributed by atoms with Crippen molar-refractivity contribution in [1.82, 2.24) is 9.80 Å². The smallest absolute Gasteiger partial charge is 0.295 e. The van der Waals surface area contributed by atoms with E-state index in [4.69, 9.17) is 25.8 Å². The van der Waals surface area contributed by atoms with E-state index in [1.165, 1.54) is 13.2 Å². The van der Waals surface area contributed by atoms with Gasteiger partial charge in [-0.15, -0.1) is 0 Å². The number of aliphatic hydroxyl groups excluding tert-OH is 1. The quantitative estimate of drug-likeness (QED) is 0.337. The molecule has 0 unspecified atom stereocenters. The van der Waals surface area contributed by atoms with Crippen molar-refractivity contribution in [3.8, 4) is 11.5 Å². The molecule has 186 valence electrons. The van der Waals surface area contributed by atoms with Crippen LogP contribution in [0.25, 0.3) is 5.76 Å².